The zero-order valence-corrected chi connectivity index (χ0v) is 13.3. The van der Waals surface area contributed by atoms with Crippen LogP contribution < -0.4 is 10.5 Å². The second-order valence-electron chi connectivity index (χ2n) is 5.86. The van der Waals surface area contributed by atoms with Gasteiger partial charge in [-0.2, -0.15) is 0 Å². The van der Waals surface area contributed by atoms with Gasteiger partial charge in [0.05, 0.1) is 4.90 Å². The van der Waals surface area contributed by atoms with E-state index < -0.39 is 10.0 Å². The number of amides is 1. The van der Waals surface area contributed by atoms with Crippen LogP contribution in [0, 0.1) is 19.8 Å². The number of sulfonamides is 1. The van der Waals surface area contributed by atoms with Gasteiger partial charge < -0.3 is 5.32 Å². The standard InChI is InChI=1S/C15H22N2O3S/c1-10-7-13(21(16,19)20)9-14(11(10)2)17-15(18)8-12-5-3-4-6-12/h7,9,12H,3-6,8H2,1-2H3,(H,17,18)(H2,16,19,20). The average Bonchev–Trinajstić information content (AvgIpc) is 2.86. The molecule has 0 saturated heterocycles. The molecule has 1 fully saturated rings. The summed E-state index contributed by atoms with van der Waals surface area (Å²) in [5.41, 5.74) is 2.18. The molecule has 21 heavy (non-hydrogen) atoms. The number of carbonyl (C=O) groups is 1. The number of aryl methyl sites for hydroxylation is 1. The summed E-state index contributed by atoms with van der Waals surface area (Å²) in [7, 11) is -3.77. The Balaban J connectivity index is 2.18. The first-order chi connectivity index (χ1) is 9.77. The number of nitrogens with one attached hydrogen (secondary N) is 1. The van der Waals surface area contributed by atoms with Gasteiger partial charge in [0.2, 0.25) is 15.9 Å². The summed E-state index contributed by atoms with van der Waals surface area (Å²) in [6.45, 7) is 3.66. The molecule has 0 heterocycles. The molecular weight excluding hydrogens is 288 g/mol. The number of carbonyl (C=O) groups excluding carboxylic acids is 1. The summed E-state index contributed by atoms with van der Waals surface area (Å²) in [6, 6.07) is 2.96. The van der Waals surface area contributed by atoms with Crippen LogP contribution in [0.4, 0.5) is 5.69 Å². The number of rotatable bonds is 4. The summed E-state index contributed by atoms with van der Waals surface area (Å²) in [5.74, 6) is 0.392. The molecule has 0 aliphatic heterocycles. The molecule has 1 aliphatic rings. The third-order valence-electron chi connectivity index (χ3n) is 4.19. The van der Waals surface area contributed by atoms with E-state index in [9.17, 15) is 13.2 Å². The predicted octanol–water partition coefficient (Wildman–Crippen LogP) is 2.47. The Labute approximate surface area is 126 Å². The summed E-state index contributed by atoms with van der Waals surface area (Å²) < 4.78 is 23.0. The summed E-state index contributed by atoms with van der Waals surface area (Å²) in [6.07, 6.45) is 5.08. The van der Waals surface area contributed by atoms with Crippen LogP contribution in [0.15, 0.2) is 17.0 Å². The molecular formula is C15H22N2O3S. The van der Waals surface area contributed by atoms with E-state index in [-0.39, 0.29) is 10.8 Å². The highest BCUT2D eigenvalue weighted by molar-refractivity contribution is 7.89. The molecule has 0 bridgehead atoms. The van der Waals surface area contributed by atoms with Crippen molar-refractivity contribution in [1.29, 1.82) is 0 Å². The van der Waals surface area contributed by atoms with Crippen LogP contribution in [0.2, 0.25) is 0 Å². The van der Waals surface area contributed by atoms with E-state index >= 15 is 0 Å². The van der Waals surface area contributed by atoms with E-state index in [2.05, 4.69) is 5.32 Å². The zero-order chi connectivity index (χ0) is 15.6. The summed E-state index contributed by atoms with van der Waals surface area (Å²) in [5, 5.41) is 8.00. The first-order valence-corrected chi connectivity index (χ1v) is 8.76. The third-order valence-corrected chi connectivity index (χ3v) is 5.09. The van der Waals surface area contributed by atoms with Crippen molar-refractivity contribution in [1.82, 2.24) is 0 Å². The summed E-state index contributed by atoms with van der Waals surface area (Å²) >= 11 is 0. The maximum atomic E-state index is 12.1. The number of primary sulfonamides is 1. The lowest BCUT2D eigenvalue weighted by Crippen LogP contribution is -2.18. The van der Waals surface area contributed by atoms with Crippen molar-refractivity contribution in [2.24, 2.45) is 11.1 Å². The van der Waals surface area contributed by atoms with Crippen LogP contribution in [0.25, 0.3) is 0 Å². The van der Waals surface area contributed by atoms with Gasteiger partial charge in [0.1, 0.15) is 0 Å². The zero-order valence-electron chi connectivity index (χ0n) is 12.5. The predicted molar refractivity (Wildman–Crippen MR) is 82.5 cm³/mol. The molecule has 116 valence electrons. The third kappa shape index (κ3) is 4.04. The normalized spacial score (nSPS) is 16.1. The van der Waals surface area contributed by atoms with Gasteiger partial charge in [-0.1, -0.05) is 12.8 Å². The van der Waals surface area contributed by atoms with E-state index in [0.717, 1.165) is 24.0 Å². The topological polar surface area (TPSA) is 89.3 Å². The Morgan fingerprint density at radius 2 is 1.90 bits per heavy atom. The molecule has 1 saturated carbocycles. The Morgan fingerprint density at radius 1 is 1.29 bits per heavy atom. The maximum absolute atomic E-state index is 12.1. The Bertz CT molecular complexity index is 647. The largest absolute Gasteiger partial charge is 0.326 e. The van der Waals surface area contributed by atoms with E-state index in [1.807, 2.05) is 6.92 Å². The lowest BCUT2D eigenvalue weighted by atomic mass is 10.0. The first kappa shape index (κ1) is 16.0. The maximum Gasteiger partial charge on any atom is 0.238 e. The van der Waals surface area contributed by atoms with E-state index in [4.69, 9.17) is 5.14 Å². The van der Waals surface area contributed by atoms with Crippen molar-refractivity contribution in [3.05, 3.63) is 23.3 Å². The lowest BCUT2D eigenvalue weighted by Gasteiger charge is -2.14. The van der Waals surface area contributed by atoms with Crippen LogP contribution in [0.3, 0.4) is 0 Å². The Kier molecular flexibility index (Phi) is 4.68. The Morgan fingerprint density at radius 3 is 2.48 bits per heavy atom. The number of benzene rings is 1. The van der Waals surface area contributed by atoms with Gasteiger partial charge in [0, 0.05) is 12.1 Å². The molecule has 1 aliphatic carbocycles. The van der Waals surface area contributed by atoms with Gasteiger partial charge in [-0.25, -0.2) is 13.6 Å². The number of nitrogens with two attached hydrogens (primary N) is 1. The fourth-order valence-corrected chi connectivity index (χ4v) is 3.42. The fraction of sp³-hybridized carbons (Fsp3) is 0.533. The SMILES string of the molecule is Cc1cc(S(N)(=O)=O)cc(NC(=O)CC2CCCC2)c1C. The van der Waals surface area contributed by atoms with Crippen LogP contribution in [-0.2, 0) is 14.8 Å². The van der Waals surface area contributed by atoms with Crippen molar-refractivity contribution in [3.63, 3.8) is 0 Å². The fourth-order valence-electron chi connectivity index (χ4n) is 2.80. The molecule has 2 rings (SSSR count). The minimum Gasteiger partial charge on any atom is -0.326 e. The molecule has 0 spiro atoms. The van der Waals surface area contributed by atoms with Crippen LogP contribution in [0.1, 0.15) is 43.2 Å². The molecule has 1 aromatic rings. The van der Waals surface area contributed by atoms with E-state index in [1.165, 1.54) is 25.0 Å². The molecule has 6 heteroatoms. The second kappa shape index (κ2) is 6.15. The smallest absolute Gasteiger partial charge is 0.238 e. The number of anilines is 1. The number of hydrogen-bond acceptors (Lipinski definition) is 3. The second-order valence-corrected chi connectivity index (χ2v) is 7.42. The van der Waals surface area contributed by atoms with Crippen molar-refractivity contribution < 1.29 is 13.2 Å². The van der Waals surface area contributed by atoms with Crippen molar-refractivity contribution in [3.8, 4) is 0 Å². The van der Waals surface area contributed by atoms with Gasteiger partial charge in [0.25, 0.3) is 0 Å². The lowest BCUT2D eigenvalue weighted by molar-refractivity contribution is -0.117. The Hall–Kier alpha value is -1.40. The van der Waals surface area contributed by atoms with Crippen molar-refractivity contribution >= 4 is 21.6 Å². The van der Waals surface area contributed by atoms with E-state index in [1.54, 1.807) is 6.92 Å². The van der Waals surface area contributed by atoms with Gasteiger partial charge >= 0.3 is 0 Å². The number of hydrogen-bond donors (Lipinski definition) is 2. The van der Waals surface area contributed by atoms with Crippen LogP contribution in [0.5, 0.6) is 0 Å². The van der Waals surface area contributed by atoms with Crippen LogP contribution >= 0.6 is 0 Å². The monoisotopic (exact) mass is 310 g/mol. The van der Waals surface area contributed by atoms with Crippen molar-refractivity contribution in [2.75, 3.05) is 5.32 Å². The highest BCUT2D eigenvalue weighted by Gasteiger charge is 2.19. The van der Waals surface area contributed by atoms with Gasteiger partial charge in [-0.15, -0.1) is 0 Å². The molecule has 0 radical (unpaired) electrons. The molecule has 0 aromatic heterocycles. The molecule has 1 amide bonds. The highest BCUT2D eigenvalue weighted by Crippen LogP contribution is 2.29. The van der Waals surface area contributed by atoms with Gasteiger partial charge in [-0.05, 0) is 55.9 Å². The minimum atomic E-state index is -3.77. The van der Waals surface area contributed by atoms with Gasteiger partial charge in [-0.3, -0.25) is 4.79 Å². The summed E-state index contributed by atoms with van der Waals surface area (Å²) in [4.78, 5) is 12.1. The van der Waals surface area contributed by atoms with Gasteiger partial charge in [0.15, 0.2) is 0 Å². The van der Waals surface area contributed by atoms with E-state index in [0.29, 0.717) is 18.0 Å². The molecule has 1 aromatic carbocycles. The first-order valence-electron chi connectivity index (χ1n) is 7.21. The minimum absolute atomic E-state index is 0.0294. The highest BCUT2D eigenvalue weighted by atomic mass is 32.2. The van der Waals surface area contributed by atoms with Crippen molar-refractivity contribution in [2.45, 2.75) is 50.8 Å². The molecule has 3 N–H and O–H groups in total. The van der Waals surface area contributed by atoms with Crippen LogP contribution in [-0.4, -0.2) is 14.3 Å². The molecule has 0 atom stereocenters. The molecule has 0 unspecified atom stereocenters. The quantitative estimate of drug-likeness (QED) is 0.895. The molecule has 5 nitrogen and oxygen atoms in total. The average molecular weight is 310 g/mol.